The van der Waals surface area contributed by atoms with Gasteiger partial charge in [0, 0.05) is 29.2 Å². The van der Waals surface area contributed by atoms with Crippen LogP contribution in [0.25, 0.3) is 0 Å². The number of benzene rings is 2. The molecule has 0 aliphatic carbocycles. The number of hydrogen-bond acceptors (Lipinski definition) is 4. The number of carbonyl (C=O) groups excluding carboxylic acids is 2. The summed E-state index contributed by atoms with van der Waals surface area (Å²) in [5.74, 6) is -0.504. The van der Waals surface area contributed by atoms with Gasteiger partial charge in [0.05, 0.1) is 6.21 Å². The average Bonchev–Trinajstić information content (AvgIpc) is 2.71. The highest BCUT2D eigenvalue weighted by Crippen LogP contribution is 2.11. The highest BCUT2D eigenvalue weighted by molar-refractivity contribution is 6.04. The summed E-state index contributed by atoms with van der Waals surface area (Å²) in [4.78, 5) is 28.0. The van der Waals surface area contributed by atoms with E-state index in [2.05, 4.69) is 20.8 Å². The first-order valence-corrected chi connectivity index (χ1v) is 8.33. The molecule has 0 radical (unpaired) electrons. The molecule has 1 aromatic heterocycles. The Bertz CT molecular complexity index is 950. The van der Waals surface area contributed by atoms with Gasteiger partial charge in [-0.3, -0.25) is 14.6 Å². The van der Waals surface area contributed by atoms with Crippen molar-refractivity contribution < 1.29 is 9.59 Å². The number of hydrogen-bond donors (Lipinski definition) is 2. The van der Waals surface area contributed by atoms with E-state index in [9.17, 15) is 9.59 Å². The van der Waals surface area contributed by atoms with Crippen LogP contribution in [0.5, 0.6) is 0 Å². The summed E-state index contributed by atoms with van der Waals surface area (Å²) in [6, 6.07) is 17.7. The number of hydrazone groups is 1. The van der Waals surface area contributed by atoms with Crippen molar-refractivity contribution in [3.8, 4) is 0 Å². The summed E-state index contributed by atoms with van der Waals surface area (Å²) in [5, 5.41) is 6.77. The molecule has 0 fully saturated rings. The van der Waals surface area contributed by atoms with Crippen molar-refractivity contribution >= 4 is 23.7 Å². The third-order valence-electron chi connectivity index (χ3n) is 3.80. The summed E-state index contributed by atoms with van der Waals surface area (Å²) in [5.41, 5.74) is 6.10. The van der Waals surface area contributed by atoms with E-state index in [4.69, 9.17) is 0 Å². The Balaban J connectivity index is 1.57. The van der Waals surface area contributed by atoms with E-state index in [-0.39, 0.29) is 11.8 Å². The maximum absolute atomic E-state index is 12.3. The van der Waals surface area contributed by atoms with E-state index >= 15 is 0 Å². The third kappa shape index (κ3) is 5.09. The smallest absolute Gasteiger partial charge is 0.271 e. The second-order valence-electron chi connectivity index (χ2n) is 5.88. The van der Waals surface area contributed by atoms with E-state index in [1.165, 1.54) is 6.21 Å². The Morgan fingerprint density at radius 1 is 0.852 bits per heavy atom. The summed E-state index contributed by atoms with van der Waals surface area (Å²) in [6.45, 7) is 1.99. The quantitative estimate of drug-likeness (QED) is 0.541. The summed E-state index contributed by atoms with van der Waals surface area (Å²) in [7, 11) is 0. The maximum Gasteiger partial charge on any atom is 0.271 e. The Hall–Kier alpha value is -3.80. The van der Waals surface area contributed by atoms with Gasteiger partial charge in [0.1, 0.15) is 0 Å². The van der Waals surface area contributed by atoms with Crippen LogP contribution in [0.15, 0.2) is 78.2 Å². The predicted octanol–water partition coefficient (Wildman–Crippen LogP) is 3.41. The van der Waals surface area contributed by atoms with E-state index in [0.717, 1.165) is 16.8 Å². The fourth-order valence-electron chi connectivity index (χ4n) is 2.29. The standard InChI is InChI=1S/C21H18N4O2/c1-15-2-8-19(9-3-15)24-20(26)17-6-4-16(5-7-17)14-23-25-21(27)18-10-12-22-13-11-18/h2-14H,1H3,(H,24,26)(H,25,27)/b23-14+. The molecule has 6 heteroatoms. The van der Waals surface area contributed by atoms with Crippen molar-refractivity contribution in [2.45, 2.75) is 6.92 Å². The zero-order valence-electron chi connectivity index (χ0n) is 14.7. The molecular weight excluding hydrogens is 340 g/mol. The molecule has 0 atom stereocenters. The fourth-order valence-corrected chi connectivity index (χ4v) is 2.29. The average molecular weight is 358 g/mol. The number of anilines is 1. The molecule has 2 N–H and O–H groups in total. The summed E-state index contributed by atoms with van der Waals surface area (Å²) < 4.78 is 0. The van der Waals surface area contributed by atoms with Gasteiger partial charge in [-0.05, 0) is 48.9 Å². The number of amides is 2. The zero-order valence-corrected chi connectivity index (χ0v) is 14.7. The minimum absolute atomic E-state index is 0.187. The molecular formula is C21H18N4O2. The molecule has 0 spiro atoms. The number of pyridine rings is 1. The third-order valence-corrected chi connectivity index (χ3v) is 3.80. The molecule has 0 aliphatic heterocycles. The van der Waals surface area contributed by atoms with E-state index < -0.39 is 0 Å². The van der Waals surface area contributed by atoms with Crippen LogP contribution in [-0.2, 0) is 0 Å². The monoisotopic (exact) mass is 358 g/mol. The number of rotatable bonds is 5. The summed E-state index contributed by atoms with van der Waals surface area (Å²) >= 11 is 0. The first-order valence-electron chi connectivity index (χ1n) is 8.33. The number of aryl methyl sites for hydroxylation is 1. The molecule has 0 saturated carbocycles. The Morgan fingerprint density at radius 3 is 2.15 bits per heavy atom. The highest BCUT2D eigenvalue weighted by Gasteiger charge is 2.06. The van der Waals surface area contributed by atoms with Gasteiger partial charge in [0.15, 0.2) is 0 Å². The number of carbonyl (C=O) groups is 2. The molecule has 2 aromatic carbocycles. The predicted molar refractivity (Wildman–Crippen MR) is 105 cm³/mol. The van der Waals surface area contributed by atoms with Gasteiger partial charge in [-0.15, -0.1) is 0 Å². The molecule has 2 amide bonds. The van der Waals surface area contributed by atoms with Crippen LogP contribution in [0.2, 0.25) is 0 Å². The molecule has 0 unspecified atom stereocenters. The fraction of sp³-hybridized carbons (Fsp3) is 0.0476. The molecule has 27 heavy (non-hydrogen) atoms. The van der Waals surface area contributed by atoms with Gasteiger partial charge in [-0.1, -0.05) is 29.8 Å². The Labute approximate surface area is 157 Å². The Kier molecular flexibility index (Phi) is 5.69. The highest BCUT2D eigenvalue weighted by atomic mass is 16.2. The van der Waals surface area contributed by atoms with Crippen molar-refractivity contribution in [1.29, 1.82) is 0 Å². The van der Waals surface area contributed by atoms with Crippen molar-refractivity contribution in [3.05, 3.63) is 95.3 Å². The van der Waals surface area contributed by atoms with Crippen LogP contribution in [0.1, 0.15) is 31.8 Å². The first-order chi connectivity index (χ1) is 13.1. The van der Waals surface area contributed by atoms with Crippen LogP contribution in [0.4, 0.5) is 5.69 Å². The summed E-state index contributed by atoms with van der Waals surface area (Å²) in [6.07, 6.45) is 4.60. The van der Waals surface area contributed by atoms with Crippen LogP contribution < -0.4 is 10.7 Å². The lowest BCUT2D eigenvalue weighted by Gasteiger charge is -2.06. The second kappa shape index (κ2) is 8.53. The maximum atomic E-state index is 12.3. The molecule has 0 bridgehead atoms. The topological polar surface area (TPSA) is 83.5 Å². The molecule has 6 nitrogen and oxygen atoms in total. The molecule has 3 rings (SSSR count). The van der Waals surface area contributed by atoms with Gasteiger partial charge in [0.25, 0.3) is 11.8 Å². The van der Waals surface area contributed by atoms with Crippen LogP contribution in [-0.4, -0.2) is 23.0 Å². The van der Waals surface area contributed by atoms with Crippen LogP contribution >= 0.6 is 0 Å². The molecule has 0 aliphatic rings. The first kappa shape index (κ1) is 18.0. The SMILES string of the molecule is Cc1ccc(NC(=O)c2ccc(/C=N/NC(=O)c3ccncc3)cc2)cc1. The van der Waals surface area contributed by atoms with E-state index in [1.807, 2.05) is 31.2 Å². The van der Waals surface area contributed by atoms with E-state index in [0.29, 0.717) is 11.1 Å². The van der Waals surface area contributed by atoms with Crippen molar-refractivity contribution in [2.75, 3.05) is 5.32 Å². The van der Waals surface area contributed by atoms with Gasteiger partial charge in [-0.2, -0.15) is 5.10 Å². The number of nitrogens with one attached hydrogen (secondary N) is 2. The van der Waals surface area contributed by atoms with Gasteiger partial charge >= 0.3 is 0 Å². The van der Waals surface area contributed by atoms with Crippen molar-refractivity contribution in [3.63, 3.8) is 0 Å². The molecule has 1 heterocycles. The second-order valence-corrected chi connectivity index (χ2v) is 5.88. The van der Waals surface area contributed by atoms with Crippen molar-refractivity contribution in [2.24, 2.45) is 5.10 Å². The van der Waals surface area contributed by atoms with Crippen LogP contribution in [0.3, 0.4) is 0 Å². The minimum Gasteiger partial charge on any atom is -0.322 e. The number of aromatic nitrogens is 1. The van der Waals surface area contributed by atoms with Gasteiger partial charge in [-0.25, -0.2) is 5.43 Å². The minimum atomic E-state index is -0.317. The lowest BCUT2D eigenvalue weighted by molar-refractivity contribution is 0.0954. The lowest BCUT2D eigenvalue weighted by Crippen LogP contribution is -2.17. The van der Waals surface area contributed by atoms with Crippen molar-refractivity contribution in [1.82, 2.24) is 10.4 Å². The van der Waals surface area contributed by atoms with E-state index in [1.54, 1.807) is 48.8 Å². The van der Waals surface area contributed by atoms with Crippen LogP contribution in [0, 0.1) is 6.92 Å². The number of nitrogens with zero attached hydrogens (tertiary/aromatic N) is 2. The largest absolute Gasteiger partial charge is 0.322 e. The molecule has 0 saturated heterocycles. The molecule has 3 aromatic rings. The zero-order chi connectivity index (χ0) is 19.1. The molecule has 134 valence electrons. The van der Waals surface area contributed by atoms with Gasteiger partial charge < -0.3 is 5.32 Å². The van der Waals surface area contributed by atoms with Gasteiger partial charge in [0.2, 0.25) is 0 Å². The lowest BCUT2D eigenvalue weighted by atomic mass is 10.1. The Morgan fingerprint density at radius 2 is 1.48 bits per heavy atom. The normalized spacial score (nSPS) is 10.6.